The van der Waals surface area contributed by atoms with E-state index in [0.717, 1.165) is 0 Å². The Kier molecular flexibility index (Phi) is 5.43. The number of hydrogen-bond donors (Lipinski definition) is 1. The van der Waals surface area contributed by atoms with E-state index in [9.17, 15) is 13.2 Å². The highest BCUT2D eigenvalue weighted by atomic mass is 35.5. The molecule has 7 nitrogen and oxygen atoms in total. The lowest BCUT2D eigenvalue weighted by Gasteiger charge is -2.27. The largest absolute Gasteiger partial charge is 0.351 e. The fourth-order valence-corrected chi connectivity index (χ4v) is 4.91. The lowest BCUT2D eigenvalue weighted by molar-refractivity contribution is 0.102. The van der Waals surface area contributed by atoms with Crippen molar-refractivity contribution >= 4 is 39.0 Å². The Bertz CT molecular complexity index is 902. The van der Waals surface area contributed by atoms with Gasteiger partial charge < -0.3 is 10.2 Å². The van der Waals surface area contributed by atoms with Crippen molar-refractivity contribution in [1.82, 2.24) is 10.2 Å². The standard InChI is InChI=1S/C17H19ClN4O3S/c1-2-22(14-8-9-26(24,25)11-14)16-7-6-15(20-21-16)19-17(23)12-4-3-5-13(18)10-12/h3-7,10,14H,2,8-9,11H2,1H3,(H,19,20,23). The van der Waals surface area contributed by atoms with Crippen molar-refractivity contribution in [3.05, 3.63) is 47.0 Å². The smallest absolute Gasteiger partial charge is 0.256 e. The predicted octanol–water partition coefficient (Wildman–Crippen LogP) is 2.40. The summed E-state index contributed by atoms with van der Waals surface area (Å²) in [5, 5.41) is 11.3. The van der Waals surface area contributed by atoms with Crippen LogP contribution >= 0.6 is 11.6 Å². The molecule has 9 heteroatoms. The van der Waals surface area contributed by atoms with E-state index >= 15 is 0 Å². The molecular formula is C17H19ClN4O3S. The summed E-state index contributed by atoms with van der Waals surface area (Å²) < 4.78 is 23.4. The van der Waals surface area contributed by atoms with Gasteiger partial charge in [0, 0.05) is 23.2 Å². The highest BCUT2D eigenvalue weighted by molar-refractivity contribution is 7.91. The third kappa shape index (κ3) is 4.31. The number of sulfone groups is 1. The van der Waals surface area contributed by atoms with Crippen LogP contribution in [0, 0.1) is 0 Å². The first kappa shape index (κ1) is 18.6. The van der Waals surface area contributed by atoms with Crippen LogP contribution in [0.25, 0.3) is 0 Å². The van der Waals surface area contributed by atoms with Crippen LogP contribution in [0.4, 0.5) is 11.6 Å². The number of nitrogens with one attached hydrogen (secondary N) is 1. The molecule has 1 aromatic heterocycles. The third-order valence-corrected chi connectivity index (χ3v) is 6.25. The van der Waals surface area contributed by atoms with Crippen LogP contribution < -0.4 is 10.2 Å². The molecule has 0 radical (unpaired) electrons. The molecule has 1 aliphatic rings. The van der Waals surface area contributed by atoms with Crippen molar-refractivity contribution in [3.8, 4) is 0 Å². The number of carbonyl (C=O) groups excluding carboxylic acids is 1. The molecule has 0 saturated carbocycles. The van der Waals surface area contributed by atoms with Crippen molar-refractivity contribution in [2.75, 3.05) is 28.3 Å². The van der Waals surface area contributed by atoms with E-state index in [2.05, 4.69) is 15.5 Å². The van der Waals surface area contributed by atoms with Crippen LogP contribution in [-0.4, -0.2) is 48.6 Å². The first-order valence-electron chi connectivity index (χ1n) is 8.25. The highest BCUT2D eigenvalue weighted by Crippen LogP contribution is 2.23. The van der Waals surface area contributed by atoms with Crippen LogP contribution in [0.1, 0.15) is 23.7 Å². The number of amides is 1. The van der Waals surface area contributed by atoms with Crippen molar-refractivity contribution < 1.29 is 13.2 Å². The van der Waals surface area contributed by atoms with Crippen molar-refractivity contribution in [3.63, 3.8) is 0 Å². The number of aromatic nitrogens is 2. The minimum absolute atomic E-state index is 0.0915. The molecule has 2 aromatic rings. The summed E-state index contributed by atoms with van der Waals surface area (Å²) in [6.07, 6.45) is 0.588. The Morgan fingerprint density at radius 2 is 2.12 bits per heavy atom. The van der Waals surface area contributed by atoms with Crippen LogP contribution in [0.5, 0.6) is 0 Å². The van der Waals surface area contributed by atoms with Crippen LogP contribution in [-0.2, 0) is 9.84 Å². The highest BCUT2D eigenvalue weighted by Gasteiger charge is 2.32. The zero-order valence-corrected chi connectivity index (χ0v) is 15.8. The lowest BCUT2D eigenvalue weighted by atomic mass is 10.2. The molecule has 1 unspecified atom stereocenters. The summed E-state index contributed by atoms with van der Waals surface area (Å²) in [5.41, 5.74) is 0.426. The molecule has 1 amide bonds. The predicted molar refractivity (Wildman–Crippen MR) is 102 cm³/mol. The van der Waals surface area contributed by atoms with E-state index in [1.807, 2.05) is 11.8 Å². The van der Waals surface area contributed by atoms with Gasteiger partial charge in [0.25, 0.3) is 5.91 Å². The second-order valence-corrected chi connectivity index (χ2v) is 8.75. The number of nitrogens with zero attached hydrogens (tertiary/aromatic N) is 3. The second kappa shape index (κ2) is 7.59. The quantitative estimate of drug-likeness (QED) is 0.837. The molecule has 1 N–H and O–H groups in total. The number of hydrogen-bond acceptors (Lipinski definition) is 6. The van der Waals surface area contributed by atoms with Crippen molar-refractivity contribution in [1.29, 1.82) is 0 Å². The topological polar surface area (TPSA) is 92.3 Å². The fraction of sp³-hybridized carbons (Fsp3) is 0.353. The fourth-order valence-electron chi connectivity index (χ4n) is 2.99. The first-order chi connectivity index (χ1) is 12.4. The van der Waals surface area contributed by atoms with E-state index in [1.165, 1.54) is 0 Å². The van der Waals surface area contributed by atoms with Gasteiger partial charge in [-0.15, -0.1) is 10.2 Å². The molecule has 0 aliphatic carbocycles. The van der Waals surface area contributed by atoms with Gasteiger partial charge in [-0.3, -0.25) is 4.79 Å². The Hall–Kier alpha value is -2.19. The molecule has 1 atom stereocenters. The number of halogens is 1. The molecule has 1 aromatic carbocycles. The van der Waals surface area contributed by atoms with Crippen molar-refractivity contribution in [2.45, 2.75) is 19.4 Å². The van der Waals surface area contributed by atoms with Gasteiger partial charge in [0.2, 0.25) is 0 Å². The molecule has 26 heavy (non-hydrogen) atoms. The Morgan fingerprint density at radius 1 is 1.31 bits per heavy atom. The third-order valence-electron chi connectivity index (χ3n) is 4.26. The minimum atomic E-state index is -2.97. The van der Waals surface area contributed by atoms with Crippen LogP contribution in [0.15, 0.2) is 36.4 Å². The molecular weight excluding hydrogens is 376 g/mol. The summed E-state index contributed by atoms with van der Waals surface area (Å²) in [5.74, 6) is 0.915. The average molecular weight is 395 g/mol. The molecule has 1 saturated heterocycles. The second-order valence-electron chi connectivity index (χ2n) is 6.08. The summed E-state index contributed by atoms with van der Waals surface area (Å²) >= 11 is 5.89. The number of rotatable bonds is 5. The molecule has 0 bridgehead atoms. The molecule has 0 spiro atoms. The Labute approximate surface area is 157 Å². The molecule has 1 aliphatic heterocycles. The van der Waals surface area contributed by atoms with Gasteiger partial charge >= 0.3 is 0 Å². The van der Waals surface area contributed by atoms with E-state index in [-0.39, 0.29) is 23.5 Å². The minimum Gasteiger partial charge on any atom is -0.351 e. The van der Waals surface area contributed by atoms with Gasteiger partial charge in [0.15, 0.2) is 21.5 Å². The number of carbonyl (C=O) groups is 1. The monoisotopic (exact) mass is 394 g/mol. The van der Waals surface area contributed by atoms with E-state index in [4.69, 9.17) is 11.6 Å². The maximum atomic E-state index is 12.2. The van der Waals surface area contributed by atoms with Gasteiger partial charge in [-0.2, -0.15) is 0 Å². The number of benzene rings is 1. The van der Waals surface area contributed by atoms with Gasteiger partial charge in [0.1, 0.15) is 0 Å². The molecule has 2 heterocycles. The number of anilines is 2. The van der Waals surface area contributed by atoms with Crippen molar-refractivity contribution in [2.24, 2.45) is 0 Å². The van der Waals surface area contributed by atoms with Gasteiger partial charge in [-0.1, -0.05) is 17.7 Å². The normalized spacial score (nSPS) is 18.5. The molecule has 138 valence electrons. The maximum absolute atomic E-state index is 12.2. The summed E-state index contributed by atoms with van der Waals surface area (Å²) in [6, 6.07) is 9.90. The Morgan fingerprint density at radius 3 is 2.69 bits per heavy atom. The van der Waals surface area contributed by atoms with Gasteiger partial charge in [-0.05, 0) is 43.7 Å². The van der Waals surface area contributed by atoms with Crippen LogP contribution in [0.3, 0.4) is 0 Å². The molecule has 1 fully saturated rings. The lowest BCUT2D eigenvalue weighted by Crippen LogP contribution is -2.36. The zero-order chi connectivity index (χ0) is 18.7. The molecule has 3 rings (SSSR count). The van der Waals surface area contributed by atoms with E-state index in [0.29, 0.717) is 35.2 Å². The van der Waals surface area contributed by atoms with E-state index in [1.54, 1.807) is 36.4 Å². The van der Waals surface area contributed by atoms with E-state index < -0.39 is 9.84 Å². The summed E-state index contributed by atoms with van der Waals surface area (Å²) in [6.45, 7) is 2.57. The van der Waals surface area contributed by atoms with Gasteiger partial charge in [0.05, 0.1) is 11.5 Å². The maximum Gasteiger partial charge on any atom is 0.256 e. The van der Waals surface area contributed by atoms with Crippen LogP contribution in [0.2, 0.25) is 5.02 Å². The SMILES string of the molecule is CCN(c1ccc(NC(=O)c2cccc(Cl)c2)nn1)C1CCS(=O)(=O)C1. The summed E-state index contributed by atoms with van der Waals surface area (Å²) in [7, 11) is -2.97. The average Bonchev–Trinajstić information content (AvgIpc) is 2.96. The first-order valence-corrected chi connectivity index (χ1v) is 10.5. The zero-order valence-electron chi connectivity index (χ0n) is 14.2. The van der Waals surface area contributed by atoms with Gasteiger partial charge in [-0.25, -0.2) is 8.42 Å². The Balaban J connectivity index is 1.70. The summed E-state index contributed by atoms with van der Waals surface area (Å²) in [4.78, 5) is 14.1.